The van der Waals surface area contributed by atoms with Gasteiger partial charge in [0, 0.05) is 10.6 Å². The number of hydrogen-bond donors (Lipinski definition) is 2. The largest absolute Gasteiger partial charge is 0.391 e. The van der Waals surface area contributed by atoms with E-state index < -0.39 is 17.6 Å². The van der Waals surface area contributed by atoms with Gasteiger partial charge in [0.2, 0.25) is 0 Å². The minimum Gasteiger partial charge on any atom is -0.391 e. The summed E-state index contributed by atoms with van der Waals surface area (Å²) in [5.41, 5.74) is 0.866. The lowest BCUT2D eigenvalue weighted by atomic mass is 9.92. The third kappa shape index (κ3) is 4.24. The first-order valence-corrected chi connectivity index (χ1v) is 10.1. The Morgan fingerprint density at radius 1 is 1.13 bits per heavy atom. The van der Waals surface area contributed by atoms with E-state index in [1.54, 1.807) is 30.3 Å². The molecule has 2 N–H and O–H groups in total. The summed E-state index contributed by atoms with van der Waals surface area (Å²) in [5.74, 6) is -0.542. The van der Waals surface area contributed by atoms with Gasteiger partial charge in [-0.05, 0) is 37.1 Å². The van der Waals surface area contributed by atoms with Crippen LogP contribution < -0.4 is 10.9 Å². The molecular weight excluding hydrogens is 406 g/mol. The topological polar surface area (TPSA) is 110 Å². The van der Waals surface area contributed by atoms with E-state index in [0.29, 0.717) is 34.8 Å². The van der Waals surface area contributed by atoms with Crippen molar-refractivity contribution >= 4 is 17.5 Å². The summed E-state index contributed by atoms with van der Waals surface area (Å²) in [7, 11) is 0. The Kier molecular flexibility index (Phi) is 5.87. The van der Waals surface area contributed by atoms with E-state index in [9.17, 15) is 14.7 Å². The monoisotopic (exact) mass is 425 g/mol. The molecule has 0 saturated heterocycles. The molecule has 1 amide bonds. The number of nitrogens with zero attached hydrogens (tertiary/aromatic N) is 4. The molecule has 3 aromatic rings. The Hall–Kier alpha value is -3.10. The van der Waals surface area contributed by atoms with Crippen LogP contribution in [0.15, 0.2) is 53.6 Å². The summed E-state index contributed by atoms with van der Waals surface area (Å²) in [4.78, 5) is 26.1. The number of rotatable bonds is 4. The Morgan fingerprint density at radius 3 is 2.60 bits per heavy atom. The molecule has 2 heterocycles. The number of aliphatic hydroxyl groups is 1. The van der Waals surface area contributed by atoms with Gasteiger partial charge in [-0.15, -0.1) is 0 Å². The molecule has 1 aliphatic carbocycles. The second kappa shape index (κ2) is 8.73. The van der Waals surface area contributed by atoms with E-state index in [2.05, 4.69) is 20.6 Å². The summed E-state index contributed by atoms with van der Waals surface area (Å²) < 4.78 is 1.13. The molecule has 8 nitrogen and oxygen atoms in total. The lowest BCUT2D eigenvalue weighted by Crippen LogP contribution is -2.46. The summed E-state index contributed by atoms with van der Waals surface area (Å²) >= 11 is 5.98. The van der Waals surface area contributed by atoms with E-state index in [1.165, 1.54) is 18.5 Å². The first-order chi connectivity index (χ1) is 14.5. The molecule has 154 valence electrons. The molecule has 1 aliphatic rings. The van der Waals surface area contributed by atoms with Crippen LogP contribution in [0, 0.1) is 0 Å². The zero-order chi connectivity index (χ0) is 21.1. The predicted molar refractivity (Wildman–Crippen MR) is 112 cm³/mol. The van der Waals surface area contributed by atoms with Crippen LogP contribution in [0.1, 0.15) is 36.0 Å². The van der Waals surface area contributed by atoms with Gasteiger partial charge in [0.15, 0.2) is 0 Å². The van der Waals surface area contributed by atoms with Gasteiger partial charge in [0.1, 0.15) is 5.56 Å². The Balaban J connectivity index is 1.78. The number of aromatic nitrogens is 4. The van der Waals surface area contributed by atoms with Gasteiger partial charge in [-0.2, -0.15) is 20.0 Å². The maximum atomic E-state index is 13.1. The van der Waals surface area contributed by atoms with Crippen LogP contribution in [0.4, 0.5) is 0 Å². The number of aliphatic hydroxyl groups excluding tert-OH is 1. The van der Waals surface area contributed by atoms with Crippen molar-refractivity contribution in [1.82, 2.24) is 25.3 Å². The number of carbonyl (C=O) groups excluding carboxylic acids is 1. The van der Waals surface area contributed by atoms with Gasteiger partial charge in [0.05, 0.1) is 35.9 Å². The van der Waals surface area contributed by atoms with Crippen molar-refractivity contribution < 1.29 is 9.90 Å². The third-order valence-electron chi connectivity index (χ3n) is 5.16. The molecular formula is C21H20ClN5O3. The number of benzene rings is 1. The van der Waals surface area contributed by atoms with E-state index in [1.807, 2.05) is 0 Å². The standard InChI is InChI=1S/C21H20ClN5O3/c22-14-7-5-13(6-8-14)18-11-16(20(29)25-17-3-1-2-4-19(17)28)21(30)27(26-18)15-9-10-23-24-12-15/h5-12,17,19,28H,1-4H2,(H,25,29)/t17-,19+/m0/s1. The fraction of sp³-hybridized carbons (Fsp3) is 0.286. The van der Waals surface area contributed by atoms with Crippen LogP contribution in [-0.4, -0.2) is 43.1 Å². The minimum absolute atomic E-state index is 0.0652. The first kappa shape index (κ1) is 20.2. The third-order valence-corrected chi connectivity index (χ3v) is 5.41. The van der Waals surface area contributed by atoms with Gasteiger partial charge in [-0.25, -0.2) is 0 Å². The SMILES string of the molecule is O=C(N[C@H]1CCCC[C@H]1O)c1cc(-c2ccc(Cl)cc2)nn(-c2ccnnc2)c1=O. The molecule has 0 spiro atoms. The highest BCUT2D eigenvalue weighted by Gasteiger charge is 2.26. The molecule has 1 fully saturated rings. The number of hydrogen-bond acceptors (Lipinski definition) is 6. The van der Waals surface area contributed by atoms with Crippen LogP contribution in [0.5, 0.6) is 0 Å². The molecule has 0 aliphatic heterocycles. The molecule has 1 aromatic carbocycles. The highest BCUT2D eigenvalue weighted by Crippen LogP contribution is 2.21. The van der Waals surface area contributed by atoms with Crippen LogP contribution in [0.25, 0.3) is 16.9 Å². The highest BCUT2D eigenvalue weighted by atomic mass is 35.5. The molecule has 2 atom stereocenters. The number of carbonyl (C=O) groups is 1. The maximum Gasteiger partial charge on any atom is 0.284 e. The van der Waals surface area contributed by atoms with Crippen molar-refractivity contribution in [3.8, 4) is 16.9 Å². The summed E-state index contributed by atoms with van der Waals surface area (Å²) in [6.45, 7) is 0. The Labute approximate surface area is 177 Å². The van der Waals surface area contributed by atoms with Crippen molar-refractivity contribution in [3.05, 3.63) is 69.7 Å². The van der Waals surface area contributed by atoms with Crippen molar-refractivity contribution in [1.29, 1.82) is 0 Å². The van der Waals surface area contributed by atoms with E-state index in [-0.39, 0.29) is 11.6 Å². The zero-order valence-corrected chi connectivity index (χ0v) is 16.8. The van der Waals surface area contributed by atoms with Crippen molar-refractivity contribution in [2.75, 3.05) is 0 Å². The van der Waals surface area contributed by atoms with Gasteiger partial charge in [-0.3, -0.25) is 9.59 Å². The van der Waals surface area contributed by atoms with E-state index in [0.717, 1.165) is 17.5 Å². The van der Waals surface area contributed by atoms with Gasteiger partial charge >= 0.3 is 0 Å². The fourth-order valence-electron chi connectivity index (χ4n) is 3.53. The molecule has 1 saturated carbocycles. The summed E-state index contributed by atoms with van der Waals surface area (Å²) in [6.07, 6.45) is 5.36. The quantitative estimate of drug-likeness (QED) is 0.664. The molecule has 0 radical (unpaired) electrons. The molecule has 2 aromatic heterocycles. The highest BCUT2D eigenvalue weighted by molar-refractivity contribution is 6.30. The van der Waals surface area contributed by atoms with Crippen LogP contribution in [-0.2, 0) is 0 Å². The van der Waals surface area contributed by atoms with E-state index >= 15 is 0 Å². The fourth-order valence-corrected chi connectivity index (χ4v) is 3.65. The molecule has 4 rings (SSSR count). The normalized spacial score (nSPS) is 18.7. The smallest absolute Gasteiger partial charge is 0.284 e. The first-order valence-electron chi connectivity index (χ1n) is 9.69. The zero-order valence-electron chi connectivity index (χ0n) is 16.0. The summed E-state index contributed by atoms with van der Waals surface area (Å²) in [5, 5.41) is 25.5. The van der Waals surface area contributed by atoms with Crippen LogP contribution >= 0.6 is 11.6 Å². The van der Waals surface area contributed by atoms with Crippen LogP contribution in [0.2, 0.25) is 5.02 Å². The van der Waals surface area contributed by atoms with Crippen molar-refractivity contribution in [3.63, 3.8) is 0 Å². The molecule has 9 heteroatoms. The number of nitrogens with one attached hydrogen (secondary N) is 1. The Morgan fingerprint density at radius 2 is 1.90 bits per heavy atom. The molecule has 0 bridgehead atoms. The second-order valence-corrected chi connectivity index (χ2v) is 7.64. The average Bonchev–Trinajstić information content (AvgIpc) is 2.76. The number of amides is 1. The maximum absolute atomic E-state index is 13.1. The van der Waals surface area contributed by atoms with Gasteiger partial charge in [0.25, 0.3) is 11.5 Å². The summed E-state index contributed by atoms with van der Waals surface area (Å²) in [6, 6.07) is 9.60. The lowest BCUT2D eigenvalue weighted by molar-refractivity contribution is 0.0716. The van der Waals surface area contributed by atoms with E-state index in [4.69, 9.17) is 11.6 Å². The molecule has 0 unspecified atom stereocenters. The second-order valence-electron chi connectivity index (χ2n) is 7.20. The average molecular weight is 426 g/mol. The number of halogens is 1. The van der Waals surface area contributed by atoms with Crippen LogP contribution in [0.3, 0.4) is 0 Å². The molecule has 30 heavy (non-hydrogen) atoms. The lowest BCUT2D eigenvalue weighted by Gasteiger charge is -2.28. The van der Waals surface area contributed by atoms with Gasteiger partial charge < -0.3 is 10.4 Å². The Bertz CT molecular complexity index is 1100. The van der Waals surface area contributed by atoms with Crippen molar-refractivity contribution in [2.45, 2.75) is 37.8 Å². The predicted octanol–water partition coefficient (Wildman–Crippen LogP) is 2.38. The minimum atomic E-state index is -0.619. The van der Waals surface area contributed by atoms with Gasteiger partial charge in [-0.1, -0.05) is 36.6 Å². The van der Waals surface area contributed by atoms with Crippen molar-refractivity contribution in [2.24, 2.45) is 0 Å².